The highest BCUT2D eigenvalue weighted by Gasteiger charge is 2.22. The van der Waals surface area contributed by atoms with E-state index >= 15 is 0 Å². The fourth-order valence-corrected chi connectivity index (χ4v) is 2.75. The number of benzene rings is 1. The Labute approximate surface area is 117 Å². The van der Waals surface area contributed by atoms with Crippen LogP contribution in [0.15, 0.2) is 22.7 Å². The molecule has 1 heterocycles. The van der Waals surface area contributed by atoms with Crippen LogP contribution >= 0.6 is 15.9 Å². The highest BCUT2D eigenvalue weighted by Crippen LogP contribution is 2.30. The molecule has 0 aromatic heterocycles. The van der Waals surface area contributed by atoms with Crippen molar-refractivity contribution in [1.82, 2.24) is 5.32 Å². The number of para-hydroxylation sites is 1. The van der Waals surface area contributed by atoms with Crippen LogP contribution < -0.4 is 10.1 Å². The summed E-state index contributed by atoms with van der Waals surface area (Å²) < 4.78 is 12.7. The predicted molar refractivity (Wildman–Crippen MR) is 76.0 cm³/mol. The maximum absolute atomic E-state index is 5.94. The Morgan fingerprint density at radius 3 is 2.94 bits per heavy atom. The van der Waals surface area contributed by atoms with Crippen LogP contribution in [0.2, 0.25) is 0 Å². The van der Waals surface area contributed by atoms with Gasteiger partial charge in [-0.05, 0) is 48.8 Å². The van der Waals surface area contributed by atoms with Crippen LogP contribution in [0.5, 0.6) is 5.75 Å². The number of halogens is 1. The van der Waals surface area contributed by atoms with Gasteiger partial charge >= 0.3 is 0 Å². The van der Waals surface area contributed by atoms with E-state index in [4.69, 9.17) is 9.47 Å². The zero-order chi connectivity index (χ0) is 13.0. The van der Waals surface area contributed by atoms with Crippen molar-refractivity contribution >= 4 is 15.9 Å². The molecule has 0 amide bonds. The number of hydrogen-bond donors (Lipinski definition) is 1. The van der Waals surface area contributed by atoms with Gasteiger partial charge < -0.3 is 14.8 Å². The lowest BCUT2D eigenvalue weighted by Gasteiger charge is -2.16. The first kappa shape index (κ1) is 13.8. The van der Waals surface area contributed by atoms with E-state index in [-0.39, 0.29) is 6.10 Å². The first-order valence-corrected chi connectivity index (χ1v) is 7.20. The Balaban J connectivity index is 1.99. The summed E-state index contributed by atoms with van der Waals surface area (Å²) in [4.78, 5) is 0. The first-order chi connectivity index (χ1) is 8.70. The Hall–Kier alpha value is -0.580. The van der Waals surface area contributed by atoms with Crippen LogP contribution in [0.4, 0.5) is 0 Å². The van der Waals surface area contributed by atoms with Gasteiger partial charge in [0.2, 0.25) is 0 Å². The third-order valence-corrected chi connectivity index (χ3v) is 3.77. The van der Waals surface area contributed by atoms with E-state index in [0.29, 0.717) is 12.7 Å². The minimum absolute atomic E-state index is 0.231. The van der Waals surface area contributed by atoms with Gasteiger partial charge in [-0.2, -0.15) is 0 Å². The van der Waals surface area contributed by atoms with E-state index in [0.717, 1.165) is 35.2 Å². The van der Waals surface area contributed by atoms with Crippen molar-refractivity contribution in [1.29, 1.82) is 0 Å². The van der Waals surface area contributed by atoms with Gasteiger partial charge in [0.15, 0.2) is 0 Å². The topological polar surface area (TPSA) is 30.5 Å². The Morgan fingerprint density at radius 1 is 1.44 bits per heavy atom. The molecule has 1 aliphatic rings. The second kappa shape index (κ2) is 6.55. The summed E-state index contributed by atoms with van der Waals surface area (Å²) >= 11 is 3.54. The van der Waals surface area contributed by atoms with Crippen LogP contribution in [0, 0.1) is 0 Å². The van der Waals surface area contributed by atoms with Gasteiger partial charge in [0, 0.05) is 12.1 Å². The van der Waals surface area contributed by atoms with Gasteiger partial charge in [-0.1, -0.05) is 12.1 Å². The highest BCUT2D eigenvalue weighted by molar-refractivity contribution is 9.10. The second-order valence-corrected chi connectivity index (χ2v) is 5.57. The first-order valence-electron chi connectivity index (χ1n) is 6.41. The molecule has 0 spiro atoms. The molecular formula is C14H20BrNO2. The van der Waals surface area contributed by atoms with Crippen LogP contribution in [0.1, 0.15) is 25.3 Å². The molecule has 0 bridgehead atoms. The molecule has 0 aliphatic carbocycles. The normalized spacial score (nSPS) is 23.3. The molecule has 1 aromatic rings. The number of hydrogen-bond acceptors (Lipinski definition) is 3. The molecule has 0 radical (unpaired) electrons. The smallest absolute Gasteiger partial charge is 0.138 e. The monoisotopic (exact) mass is 313 g/mol. The Kier molecular flexibility index (Phi) is 5.03. The van der Waals surface area contributed by atoms with Crippen molar-refractivity contribution in [3.8, 4) is 5.75 Å². The lowest BCUT2D eigenvalue weighted by atomic mass is 10.2. The lowest BCUT2D eigenvalue weighted by Crippen LogP contribution is -2.19. The average molecular weight is 314 g/mol. The number of nitrogens with one attached hydrogen (secondary N) is 1. The maximum atomic E-state index is 5.94. The molecule has 2 unspecified atom stereocenters. The van der Waals surface area contributed by atoms with E-state index in [1.807, 2.05) is 19.2 Å². The summed E-state index contributed by atoms with van der Waals surface area (Å²) in [5.74, 6) is 0.926. The molecular weight excluding hydrogens is 294 g/mol. The van der Waals surface area contributed by atoms with Gasteiger partial charge in [-0.3, -0.25) is 0 Å². The Morgan fingerprint density at radius 2 is 2.28 bits per heavy atom. The summed E-state index contributed by atoms with van der Waals surface area (Å²) in [7, 11) is 1.94. The van der Waals surface area contributed by atoms with Gasteiger partial charge in [-0.15, -0.1) is 0 Å². The minimum Gasteiger partial charge on any atom is -0.489 e. The van der Waals surface area contributed by atoms with Crippen molar-refractivity contribution in [2.75, 3.05) is 13.7 Å². The largest absolute Gasteiger partial charge is 0.489 e. The SMILES string of the molecule is CNCc1cccc(Br)c1OCC1CCC(C)O1. The molecule has 1 saturated heterocycles. The van der Waals surface area contributed by atoms with Crippen LogP contribution in [0.3, 0.4) is 0 Å². The molecule has 1 aliphatic heterocycles. The van der Waals surface area contributed by atoms with E-state index in [1.54, 1.807) is 0 Å². The second-order valence-electron chi connectivity index (χ2n) is 4.72. The van der Waals surface area contributed by atoms with Crippen LogP contribution in [-0.2, 0) is 11.3 Å². The molecule has 0 saturated carbocycles. The lowest BCUT2D eigenvalue weighted by molar-refractivity contribution is 0.0260. The number of rotatable bonds is 5. The van der Waals surface area contributed by atoms with Gasteiger partial charge in [0.05, 0.1) is 16.7 Å². The van der Waals surface area contributed by atoms with Crippen LogP contribution in [0.25, 0.3) is 0 Å². The van der Waals surface area contributed by atoms with Gasteiger partial charge in [0.1, 0.15) is 12.4 Å². The predicted octanol–water partition coefficient (Wildman–Crippen LogP) is 3.11. The third kappa shape index (κ3) is 3.46. The summed E-state index contributed by atoms with van der Waals surface area (Å²) in [6.07, 6.45) is 2.82. The van der Waals surface area contributed by atoms with Crippen molar-refractivity contribution < 1.29 is 9.47 Å². The zero-order valence-corrected chi connectivity index (χ0v) is 12.5. The van der Waals surface area contributed by atoms with Crippen molar-refractivity contribution in [3.05, 3.63) is 28.2 Å². The molecule has 18 heavy (non-hydrogen) atoms. The third-order valence-electron chi connectivity index (χ3n) is 3.15. The minimum atomic E-state index is 0.231. The van der Waals surface area contributed by atoms with Gasteiger partial charge in [-0.25, -0.2) is 0 Å². The molecule has 100 valence electrons. The standard InChI is InChI=1S/C14H20BrNO2/c1-10-6-7-12(18-10)9-17-14-11(8-16-2)4-3-5-13(14)15/h3-5,10,12,16H,6-9H2,1-2H3. The van der Waals surface area contributed by atoms with Crippen LogP contribution in [-0.4, -0.2) is 25.9 Å². The molecule has 2 rings (SSSR count). The number of ether oxygens (including phenoxy) is 2. The molecule has 1 aromatic carbocycles. The molecule has 2 atom stereocenters. The highest BCUT2D eigenvalue weighted by atomic mass is 79.9. The van der Waals surface area contributed by atoms with E-state index in [1.165, 1.54) is 0 Å². The molecule has 1 fully saturated rings. The quantitative estimate of drug-likeness (QED) is 0.906. The van der Waals surface area contributed by atoms with Crippen molar-refractivity contribution in [2.24, 2.45) is 0 Å². The summed E-state index contributed by atoms with van der Waals surface area (Å²) in [5.41, 5.74) is 1.16. The Bertz CT molecular complexity index is 397. The fraction of sp³-hybridized carbons (Fsp3) is 0.571. The summed E-state index contributed by atoms with van der Waals surface area (Å²) in [5, 5.41) is 3.15. The molecule has 1 N–H and O–H groups in total. The zero-order valence-electron chi connectivity index (χ0n) is 10.9. The molecule has 4 heteroatoms. The van der Waals surface area contributed by atoms with Crippen molar-refractivity contribution in [3.63, 3.8) is 0 Å². The van der Waals surface area contributed by atoms with Gasteiger partial charge in [0.25, 0.3) is 0 Å². The summed E-state index contributed by atoms with van der Waals surface area (Å²) in [6, 6.07) is 6.11. The van der Waals surface area contributed by atoms with Crippen molar-refractivity contribution in [2.45, 2.75) is 38.5 Å². The van der Waals surface area contributed by atoms with E-state index in [2.05, 4.69) is 34.2 Å². The fourth-order valence-electron chi connectivity index (χ4n) is 2.23. The molecule has 3 nitrogen and oxygen atoms in total. The summed E-state index contributed by atoms with van der Waals surface area (Å²) in [6.45, 7) is 3.55. The van der Waals surface area contributed by atoms with E-state index < -0.39 is 0 Å². The van der Waals surface area contributed by atoms with E-state index in [9.17, 15) is 0 Å². The average Bonchev–Trinajstić information content (AvgIpc) is 2.75. The maximum Gasteiger partial charge on any atom is 0.138 e.